The summed E-state index contributed by atoms with van der Waals surface area (Å²) in [5.41, 5.74) is 1.99. The SMILES string of the molecule is Cc1ccc(NC(=O)COc2ccccc2/C=C2\SC(=O)N(Cc3c(F)cccc3Cl)C2=O)cc1Cl. The largest absolute Gasteiger partial charge is 0.483 e. The van der Waals surface area contributed by atoms with Gasteiger partial charge in [-0.2, -0.15) is 0 Å². The summed E-state index contributed by atoms with van der Waals surface area (Å²) in [7, 11) is 0. The summed E-state index contributed by atoms with van der Waals surface area (Å²) >= 11 is 12.9. The third-order valence-electron chi connectivity index (χ3n) is 5.27. The third kappa shape index (κ3) is 5.90. The molecule has 1 N–H and O–H groups in total. The van der Waals surface area contributed by atoms with Crippen LogP contribution >= 0.6 is 35.0 Å². The number of anilines is 1. The van der Waals surface area contributed by atoms with Crippen molar-refractivity contribution in [2.45, 2.75) is 13.5 Å². The van der Waals surface area contributed by atoms with E-state index in [9.17, 15) is 18.8 Å². The second-order valence-electron chi connectivity index (χ2n) is 7.81. The maximum Gasteiger partial charge on any atom is 0.293 e. The van der Waals surface area contributed by atoms with Gasteiger partial charge in [0.25, 0.3) is 17.1 Å². The van der Waals surface area contributed by atoms with Gasteiger partial charge in [-0.3, -0.25) is 19.3 Å². The standard InChI is InChI=1S/C26H19Cl2FN2O4S/c1-15-9-10-17(12-20(15)28)30-24(32)14-35-22-8-3-2-5-16(22)11-23-25(33)31(26(34)36-23)13-18-19(27)6-4-7-21(18)29/h2-12H,13-14H2,1H3,(H,30,32)/b23-11-. The van der Waals surface area contributed by atoms with E-state index in [-0.39, 0.29) is 28.6 Å². The minimum absolute atomic E-state index is 0.0623. The Morgan fingerprint density at radius 2 is 1.86 bits per heavy atom. The number of rotatable bonds is 7. The lowest BCUT2D eigenvalue weighted by atomic mass is 10.1. The van der Waals surface area contributed by atoms with Gasteiger partial charge in [-0.15, -0.1) is 0 Å². The fraction of sp³-hybridized carbons (Fsp3) is 0.115. The average Bonchev–Trinajstić information content (AvgIpc) is 3.10. The molecular formula is C26H19Cl2FN2O4S. The van der Waals surface area contributed by atoms with Crippen molar-refractivity contribution in [2.75, 3.05) is 11.9 Å². The van der Waals surface area contributed by atoms with E-state index in [2.05, 4.69) is 5.32 Å². The van der Waals surface area contributed by atoms with E-state index < -0.39 is 22.9 Å². The molecule has 36 heavy (non-hydrogen) atoms. The van der Waals surface area contributed by atoms with Crippen LogP contribution in [0.4, 0.5) is 14.9 Å². The quantitative estimate of drug-likeness (QED) is 0.335. The molecule has 1 fully saturated rings. The fourth-order valence-corrected chi connectivity index (χ4v) is 4.59. The lowest BCUT2D eigenvalue weighted by Gasteiger charge is -2.14. The molecule has 0 saturated carbocycles. The maximum absolute atomic E-state index is 14.2. The Balaban J connectivity index is 1.46. The number of aryl methyl sites for hydroxylation is 1. The summed E-state index contributed by atoms with van der Waals surface area (Å²) in [6.07, 6.45) is 1.50. The van der Waals surface area contributed by atoms with Gasteiger partial charge in [-0.05, 0) is 60.7 Å². The molecule has 1 saturated heterocycles. The van der Waals surface area contributed by atoms with Gasteiger partial charge in [0.15, 0.2) is 6.61 Å². The molecule has 0 spiro atoms. The third-order valence-corrected chi connectivity index (χ3v) is 6.94. The number of imide groups is 1. The molecule has 0 unspecified atom stereocenters. The van der Waals surface area contributed by atoms with E-state index in [0.717, 1.165) is 22.2 Å². The predicted octanol–water partition coefficient (Wildman–Crippen LogP) is 6.69. The molecule has 0 bridgehead atoms. The van der Waals surface area contributed by atoms with Crippen molar-refractivity contribution < 1.29 is 23.5 Å². The zero-order valence-electron chi connectivity index (χ0n) is 18.9. The Hall–Kier alpha value is -3.33. The molecule has 1 heterocycles. The van der Waals surface area contributed by atoms with Crippen LogP contribution in [0.5, 0.6) is 5.75 Å². The molecule has 3 aromatic carbocycles. The monoisotopic (exact) mass is 544 g/mol. The Morgan fingerprint density at radius 1 is 1.08 bits per heavy atom. The lowest BCUT2D eigenvalue weighted by Crippen LogP contribution is -2.28. The van der Waals surface area contributed by atoms with Crippen LogP contribution in [0.25, 0.3) is 6.08 Å². The van der Waals surface area contributed by atoms with Crippen molar-refractivity contribution in [3.05, 3.63) is 98.1 Å². The zero-order chi connectivity index (χ0) is 25.8. The second-order valence-corrected chi connectivity index (χ2v) is 9.61. The summed E-state index contributed by atoms with van der Waals surface area (Å²) < 4.78 is 19.8. The summed E-state index contributed by atoms with van der Waals surface area (Å²) in [6.45, 7) is 1.29. The first-order valence-corrected chi connectivity index (χ1v) is 12.3. The topological polar surface area (TPSA) is 75.7 Å². The number of nitrogens with zero attached hydrogens (tertiary/aromatic N) is 1. The molecule has 0 aliphatic carbocycles. The van der Waals surface area contributed by atoms with Crippen molar-refractivity contribution in [3.63, 3.8) is 0 Å². The van der Waals surface area contributed by atoms with Gasteiger partial charge in [-0.1, -0.05) is 53.5 Å². The highest BCUT2D eigenvalue weighted by atomic mass is 35.5. The van der Waals surface area contributed by atoms with Crippen LogP contribution in [0.15, 0.2) is 65.6 Å². The number of benzene rings is 3. The Bertz CT molecular complexity index is 1380. The molecule has 184 valence electrons. The number of ether oxygens (including phenoxy) is 1. The second kappa shape index (κ2) is 11.2. The van der Waals surface area contributed by atoms with Crippen molar-refractivity contribution in [1.29, 1.82) is 0 Å². The number of halogens is 3. The first-order chi connectivity index (χ1) is 17.2. The lowest BCUT2D eigenvalue weighted by molar-refractivity contribution is -0.123. The molecule has 0 aromatic heterocycles. The Labute approximate surface area is 221 Å². The number of carbonyl (C=O) groups is 3. The molecular weight excluding hydrogens is 526 g/mol. The minimum atomic E-state index is -0.601. The molecule has 3 aromatic rings. The number of hydrogen-bond donors (Lipinski definition) is 1. The Morgan fingerprint density at radius 3 is 2.61 bits per heavy atom. The van der Waals surface area contributed by atoms with Gasteiger partial charge in [0.05, 0.1) is 11.4 Å². The molecule has 4 rings (SSSR count). The normalized spacial score (nSPS) is 14.4. The zero-order valence-corrected chi connectivity index (χ0v) is 21.2. The van der Waals surface area contributed by atoms with Crippen molar-refractivity contribution in [1.82, 2.24) is 4.90 Å². The van der Waals surface area contributed by atoms with Gasteiger partial charge in [0.2, 0.25) is 0 Å². The number of amides is 3. The number of nitrogens with one attached hydrogen (secondary N) is 1. The minimum Gasteiger partial charge on any atom is -0.483 e. The average molecular weight is 545 g/mol. The summed E-state index contributed by atoms with van der Waals surface area (Å²) in [4.78, 5) is 38.8. The van der Waals surface area contributed by atoms with E-state index in [4.69, 9.17) is 27.9 Å². The molecule has 1 aliphatic rings. The van der Waals surface area contributed by atoms with Gasteiger partial charge >= 0.3 is 0 Å². The maximum atomic E-state index is 14.2. The van der Waals surface area contributed by atoms with E-state index in [1.54, 1.807) is 42.5 Å². The molecule has 0 radical (unpaired) electrons. The van der Waals surface area contributed by atoms with Gasteiger partial charge in [0, 0.05) is 26.9 Å². The smallest absolute Gasteiger partial charge is 0.293 e. The number of carbonyl (C=O) groups excluding carboxylic acids is 3. The fourth-order valence-electron chi connectivity index (χ4n) is 3.36. The molecule has 10 heteroatoms. The van der Waals surface area contributed by atoms with Crippen LogP contribution in [-0.2, 0) is 16.1 Å². The van der Waals surface area contributed by atoms with Crippen molar-refractivity contribution in [3.8, 4) is 5.75 Å². The van der Waals surface area contributed by atoms with Crippen LogP contribution in [0, 0.1) is 12.7 Å². The number of thioether (sulfide) groups is 1. The Kier molecular flexibility index (Phi) is 7.98. The highest BCUT2D eigenvalue weighted by molar-refractivity contribution is 8.18. The molecule has 1 aliphatic heterocycles. The van der Waals surface area contributed by atoms with Crippen molar-refractivity contribution in [2.24, 2.45) is 0 Å². The number of para-hydroxylation sites is 1. The van der Waals surface area contributed by atoms with Gasteiger partial charge < -0.3 is 10.1 Å². The molecule has 6 nitrogen and oxygen atoms in total. The van der Waals surface area contributed by atoms with Gasteiger partial charge in [-0.25, -0.2) is 4.39 Å². The molecule has 3 amide bonds. The summed E-state index contributed by atoms with van der Waals surface area (Å²) in [5.74, 6) is -1.23. The predicted molar refractivity (Wildman–Crippen MR) is 140 cm³/mol. The van der Waals surface area contributed by atoms with Crippen molar-refractivity contribution >= 4 is 63.8 Å². The first-order valence-electron chi connectivity index (χ1n) is 10.7. The van der Waals surface area contributed by atoms with Crippen LogP contribution < -0.4 is 10.1 Å². The van der Waals surface area contributed by atoms with Crippen LogP contribution in [0.2, 0.25) is 10.0 Å². The highest BCUT2D eigenvalue weighted by Gasteiger charge is 2.36. The summed E-state index contributed by atoms with van der Waals surface area (Å²) in [5, 5.41) is 2.83. The summed E-state index contributed by atoms with van der Waals surface area (Å²) in [6, 6.07) is 16.1. The number of hydrogen-bond acceptors (Lipinski definition) is 5. The highest BCUT2D eigenvalue weighted by Crippen LogP contribution is 2.36. The first kappa shape index (κ1) is 25.8. The van der Waals surface area contributed by atoms with E-state index in [0.29, 0.717) is 22.0 Å². The van der Waals surface area contributed by atoms with Crippen LogP contribution in [0.1, 0.15) is 16.7 Å². The van der Waals surface area contributed by atoms with Crippen LogP contribution in [0.3, 0.4) is 0 Å². The van der Waals surface area contributed by atoms with E-state index in [1.807, 2.05) is 6.92 Å². The molecule has 0 atom stereocenters. The van der Waals surface area contributed by atoms with Crippen LogP contribution in [-0.4, -0.2) is 28.6 Å². The van der Waals surface area contributed by atoms with Gasteiger partial charge in [0.1, 0.15) is 11.6 Å². The van der Waals surface area contributed by atoms with E-state index in [1.165, 1.54) is 24.3 Å². The van der Waals surface area contributed by atoms with E-state index >= 15 is 0 Å².